The molecule has 0 aliphatic carbocycles. The van der Waals surface area contributed by atoms with Crippen molar-refractivity contribution in [3.8, 4) is 11.5 Å². The minimum absolute atomic E-state index is 0. The summed E-state index contributed by atoms with van der Waals surface area (Å²) in [6.07, 6.45) is 0. The van der Waals surface area contributed by atoms with Crippen LogP contribution in [0.25, 0.3) is 0 Å². The summed E-state index contributed by atoms with van der Waals surface area (Å²) in [6, 6.07) is 3.09. The van der Waals surface area contributed by atoms with Crippen LogP contribution in [0, 0.1) is 0 Å². The summed E-state index contributed by atoms with van der Waals surface area (Å²) in [5, 5.41) is 27.8. The third-order valence-electron chi connectivity index (χ3n) is 1.20. The second-order valence-corrected chi connectivity index (χ2v) is 1.99. The van der Waals surface area contributed by atoms with Crippen LogP contribution >= 0.6 is 0 Å². The number of carbonyl (C=O) groups is 1. The van der Waals surface area contributed by atoms with Gasteiger partial charge in [-0.3, -0.25) is 0 Å². The van der Waals surface area contributed by atoms with Crippen LogP contribution in [0.3, 0.4) is 0 Å². The summed E-state index contributed by atoms with van der Waals surface area (Å²) >= 11 is 0. The van der Waals surface area contributed by atoms with Gasteiger partial charge in [-0.1, -0.05) is 5.75 Å². The van der Waals surface area contributed by atoms with E-state index in [4.69, 9.17) is 10.2 Å². The van der Waals surface area contributed by atoms with E-state index >= 15 is 0 Å². The van der Waals surface area contributed by atoms with E-state index in [9.17, 15) is 9.90 Å². The van der Waals surface area contributed by atoms with Crippen molar-refractivity contribution in [3.63, 3.8) is 0 Å². The number of phenolic OH excluding ortho intramolecular Hbond substituents is 1. The number of phenols is 1. The molecule has 1 rings (SSSR count). The number of hydrogen-bond acceptors (Lipinski definition) is 3. The minimum Gasteiger partial charge on any atom is -0.872 e. The van der Waals surface area contributed by atoms with Gasteiger partial charge in [0.2, 0.25) is 0 Å². The van der Waals surface area contributed by atoms with Crippen molar-refractivity contribution in [1.29, 1.82) is 0 Å². The Morgan fingerprint density at radius 1 is 1.42 bits per heavy atom. The second-order valence-electron chi connectivity index (χ2n) is 1.99. The molecular weight excluding hydrogens is 355 g/mol. The number of rotatable bonds is 1. The number of benzene rings is 1. The molecule has 0 aromatic heterocycles. The minimum atomic E-state index is -1.28. The maximum Gasteiger partial charge on any atom is 2.00 e. The Labute approximate surface area is 88.6 Å². The Balaban J connectivity index is 0.00000121. The molecule has 2 N–H and O–H groups in total. The van der Waals surface area contributed by atoms with Crippen molar-refractivity contribution in [2.75, 3.05) is 0 Å². The van der Waals surface area contributed by atoms with Crippen LogP contribution in [-0.2, 0) is 0 Å². The normalized spacial score (nSPS) is 8.67. The van der Waals surface area contributed by atoms with E-state index in [0.29, 0.717) is 0 Å². The Hall–Kier alpha value is -0.788. The molecule has 2 radical (unpaired) electrons. The molecule has 0 atom stereocenters. The van der Waals surface area contributed by atoms with Crippen molar-refractivity contribution in [1.82, 2.24) is 0 Å². The number of carboxylic acid groups (broad SMARTS) is 1. The van der Waals surface area contributed by atoms with Crippen molar-refractivity contribution >= 4 is 33.3 Å². The Morgan fingerprint density at radius 3 is 2.42 bits per heavy atom. The SMILES string of the molecule is O=C(O)c1ccc(O)cc1[O-].[Pb+2]. The summed E-state index contributed by atoms with van der Waals surface area (Å²) in [4.78, 5) is 10.3. The van der Waals surface area contributed by atoms with E-state index in [0.717, 1.165) is 18.2 Å². The average Bonchev–Trinajstić information content (AvgIpc) is 1.85. The molecule has 0 aliphatic rings. The summed E-state index contributed by atoms with van der Waals surface area (Å²) in [5.41, 5.74) is -0.331. The Morgan fingerprint density at radius 2 is 2.00 bits per heavy atom. The molecule has 5 heteroatoms. The fourth-order valence-electron chi connectivity index (χ4n) is 0.688. The molecule has 0 spiro atoms. The Kier molecular flexibility index (Phi) is 4.01. The van der Waals surface area contributed by atoms with Gasteiger partial charge in [0.15, 0.2) is 0 Å². The first-order valence-corrected chi connectivity index (χ1v) is 2.84. The van der Waals surface area contributed by atoms with Gasteiger partial charge in [-0.05, 0) is 18.2 Å². The smallest absolute Gasteiger partial charge is 0.872 e. The fraction of sp³-hybridized carbons (Fsp3) is 0. The quantitative estimate of drug-likeness (QED) is 0.679. The molecule has 0 amide bonds. The van der Waals surface area contributed by atoms with Crippen LogP contribution in [0.1, 0.15) is 10.4 Å². The summed E-state index contributed by atoms with van der Waals surface area (Å²) in [7, 11) is 0. The van der Waals surface area contributed by atoms with Crippen LogP contribution in [0.5, 0.6) is 11.5 Å². The number of hydrogen-bond donors (Lipinski definition) is 2. The van der Waals surface area contributed by atoms with E-state index < -0.39 is 11.7 Å². The maximum atomic E-state index is 10.7. The van der Waals surface area contributed by atoms with E-state index in [1.807, 2.05) is 0 Å². The number of aromatic hydroxyl groups is 1. The molecule has 0 saturated carbocycles. The van der Waals surface area contributed by atoms with Gasteiger partial charge in [-0.15, -0.1) is 0 Å². The molecule has 4 nitrogen and oxygen atoms in total. The van der Waals surface area contributed by atoms with Gasteiger partial charge < -0.3 is 15.3 Å². The van der Waals surface area contributed by atoms with Gasteiger partial charge in [0.05, 0.1) is 5.56 Å². The zero-order valence-corrected chi connectivity index (χ0v) is 9.83. The third-order valence-corrected chi connectivity index (χ3v) is 1.20. The molecular formula is C7H5O4Pb+. The first kappa shape index (κ1) is 11.2. The average molecular weight is 360 g/mol. The van der Waals surface area contributed by atoms with Gasteiger partial charge in [-0.2, -0.15) is 0 Å². The monoisotopic (exact) mass is 361 g/mol. The predicted molar refractivity (Wildman–Crippen MR) is 40.3 cm³/mol. The van der Waals surface area contributed by atoms with E-state index in [-0.39, 0.29) is 38.6 Å². The van der Waals surface area contributed by atoms with Crippen LogP contribution in [0.15, 0.2) is 18.2 Å². The maximum absolute atomic E-state index is 10.7. The molecule has 0 heterocycles. The van der Waals surface area contributed by atoms with Gasteiger partial charge in [0.25, 0.3) is 0 Å². The van der Waals surface area contributed by atoms with Crippen LogP contribution in [0.2, 0.25) is 0 Å². The first-order chi connectivity index (χ1) is 5.11. The number of aromatic carboxylic acids is 1. The Bertz CT molecular complexity index is 297. The molecule has 0 bridgehead atoms. The molecule has 0 fully saturated rings. The van der Waals surface area contributed by atoms with Gasteiger partial charge in [0.1, 0.15) is 5.75 Å². The molecule has 0 unspecified atom stereocenters. The van der Waals surface area contributed by atoms with Crippen molar-refractivity contribution in [2.24, 2.45) is 0 Å². The molecule has 1 aromatic carbocycles. The zero-order chi connectivity index (χ0) is 8.43. The molecule has 0 saturated heterocycles. The van der Waals surface area contributed by atoms with Gasteiger partial charge in [0, 0.05) is 0 Å². The van der Waals surface area contributed by atoms with Crippen LogP contribution in [0.4, 0.5) is 0 Å². The summed E-state index contributed by atoms with van der Waals surface area (Å²) < 4.78 is 0. The van der Waals surface area contributed by atoms with E-state index in [2.05, 4.69) is 0 Å². The third kappa shape index (κ3) is 2.36. The summed E-state index contributed by atoms with van der Waals surface area (Å²) in [6.45, 7) is 0. The van der Waals surface area contributed by atoms with Crippen molar-refractivity contribution in [3.05, 3.63) is 23.8 Å². The molecule has 0 aliphatic heterocycles. The number of carboxylic acids is 1. The first-order valence-electron chi connectivity index (χ1n) is 2.84. The zero-order valence-electron chi connectivity index (χ0n) is 5.94. The second kappa shape index (κ2) is 4.29. The molecule has 60 valence electrons. The largest absolute Gasteiger partial charge is 2.00 e. The van der Waals surface area contributed by atoms with Gasteiger partial charge >= 0.3 is 33.3 Å². The van der Waals surface area contributed by atoms with E-state index in [1.54, 1.807) is 0 Å². The van der Waals surface area contributed by atoms with Crippen molar-refractivity contribution in [2.45, 2.75) is 0 Å². The van der Waals surface area contributed by atoms with Crippen LogP contribution < -0.4 is 5.11 Å². The van der Waals surface area contributed by atoms with E-state index in [1.165, 1.54) is 0 Å². The summed E-state index contributed by atoms with van der Waals surface area (Å²) in [5.74, 6) is -2.19. The van der Waals surface area contributed by atoms with Gasteiger partial charge in [-0.25, -0.2) is 4.79 Å². The topological polar surface area (TPSA) is 80.6 Å². The molecule has 1 aromatic rings. The standard InChI is InChI=1S/C7H6O4.Pb/c8-4-1-2-5(7(10)11)6(9)3-4;/h1-3,8-9H,(H,10,11);/q;+2/p-1. The predicted octanol–water partition coefficient (Wildman–Crippen LogP) is -0.217. The fourth-order valence-corrected chi connectivity index (χ4v) is 0.688. The molecule has 12 heavy (non-hydrogen) atoms. The van der Waals surface area contributed by atoms with Crippen molar-refractivity contribution < 1.29 is 20.1 Å². The van der Waals surface area contributed by atoms with Crippen LogP contribution in [-0.4, -0.2) is 43.5 Å².